The minimum Gasteiger partial charge on any atom is -0.388 e. The molecule has 2 saturated carbocycles. The standard InChI is InChI=1S/C16H26N2O3/c19-14-9-12(10-18(14)13-5-6-13)15(20)17-11-16(21)7-3-1-2-4-8-16/h12-13,21H,1-11H2,(H,17,20). The molecule has 1 unspecified atom stereocenters. The third-order valence-corrected chi connectivity index (χ3v) is 5.14. The predicted octanol–water partition coefficient (Wildman–Crippen LogP) is 1.20. The predicted molar refractivity (Wildman–Crippen MR) is 78.5 cm³/mol. The molecule has 3 aliphatic rings. The zero-order valence-corrected chi connectivity index (χ0v) is 12.6. The van der Waals surface area contributed by atoms with Crippen LogP contribution in [0.5, 0.6) is 0 Å². The zero-order valence-electron chi connectivity index (χ0n) is 12.6. The van der Waals surface area contributed by atoms with Crippen molar-refractivity contribution in [3.8, 4) is 0 Å². The first-order chi connectivity index (χ1) is 10.1. The SMILES string of the molecule is O=C(NCC1(O)CCCCCC1)C1CC(=O)N(C2CC2)C1. The van der Waals surface area contributed by atoms with Gasteiger partial charge in [-0.25, -0.2) is 0 Å². The normalized spacial score (nSPS) is 29.3. The van der Waals surface area contributed by atoms with Crippen LogP contribution in [0.1, 0.15) is 57.8 Å². The number of likely N-dealkylation sites (tertiary alicyclic amines) is 1. The van der Waals surface area contributed by atoms with E-state index >= 15 is 0 Å². The number of amides is 2. The molecule has 3 fully saturated rings. The Kier molecular flexibility index (Phi) is 4.20. The van der Waals surface area contributed by atoms with E-state index in [0.717, 1.165) is 38.5 Å². The minimum absolute atomic E-state index is 0.0656. The lowest BCUT2D eigenvalue weighted by Gasteiger charge is -2.27. The van der Waals surface area contributed by atoms with Gasteiger partial charge in [0.15, 0.2) is 0 Å². The number of nitrogens with one attached hydrogen (secondary N) is 1. The summed E-state index contributed by atoms with van der Waals surface area (Å²) in [4.78, 5) is 26.0. The maximum Gasteiger partial charge on any atom is 0.225 e. The second kappa shape index (κ2) is 5.95. The van der Waals surface area contributed by atoms with Crippen LogP contribution in [0.3, 0.4) is 0 Å². The Hall–Kier alpha value is -1.10. The van der Waals surface area contributed by atoms with E-state index in [1.807, 2.05) is 4.90 Å². The van der Waals surface area contributed by atoms with Gasteiger partial charge in [-0.1, -0.05) is 25.7 Å². The molecular weight excluding hydrogens is 268 g/mol. The van der Waals surface area contributed by atoms with Crippen molar-refractivity contribution >= 4 is 11.8 Å². The van der Waals surface area contributed by atoms with Crippen LogP contribution in [-0.4, -0.2) is 46.6 Å². The fourth-order valence-electron chi connectivity index (χ4n) is 3.61. The first kappa shape index (κ1) is 14.8. The van der Waals surface area contributed by atoms with E-state index in [1.165, 1.54) is 12.8 Å². The molecule has 5 heteroatoms. The maximum atomic E-state index is 12.2. The van der Waals surface area contributed by atoms with Crippen LogP contribution in [0.15, 0.2) is 0 Å². The van der Waals surface area contributed by atoms with Gasteiger partial charge in [-0.05, 0) is 25.7 Å². The molecule has 2 N–H and O–H groups in total. The van der Waals surface area contributed by atoms with Crippen molar-refractivity contribution in [2.75, 3.05) is 13.1 Å². The Balaban J connectivity index is 1.48. The van der Waals surface area contributed by atoms with Crippen molar-refractivity contribution in [1.29, 1.82) is 0 Å². The van der Waals surface area contributed by atoms with Crippen LogP contribution in [-0.2, 0) is 9.59 Å². The summed E-state index contributed by atoms with van der Waals surface area (Å²) in [5, 5.41) is 13.4. The first-order valence-electron chi connectivity index (χ1n) is 8.37. The fraction of sp³-hybridized carbons (Fsp3) is 0.875. The van der Waals surface area contributed by atoms with E-state index in [0.29, 0.717) is 25.6 Å². The van der Waals surface area contributed by atoms with E-state index in [2.05, 4.69) is 5.32 Å². The maximum absolute atomic E-state index is 12.2. The highest BCUT2D eigenvalue weighted by atomic mass is 16.3. The molecule has 2 amide bonds. The van der Waals surface area contributed by atoms with E-state index in [-0.39, 0.29) is 17.7 Å². The molecule has 1 heterocycles. The van der Waals surface area contributed by atoms with Crippen LogP contribution >= 0.6 is 0 Å². The Morgan fingerprint density at radius 1 is 1.24 bits per heavy atom. The van der Waals surface area contributed by atoms with Crippen molar-refractivity contribution in [3.63, 3.8) is 0 Å². The number of carbonyl (C=O) groups excluding carboxylic acids is 2. The van der Waals surface area contributed by atoms with Crippen LogP contribution < -0.4 is 5.32 Å². The summed E-state index contributed by atoms with van der Waals surface area (Å²) in [5.74, 6) is -0.178. The summed E-state index contributed by atoms with van der Waals surface area (Å²) >= 11 is 0. The van der Waals surface area contributed by atoms with E-state index < -0.39 is 5.60 Å². The van der Waals surface area contributed by atoms with Crippen LogP contribution in [0.25, 0.3) is 0 Å². The summed E-state index contributed by atoms with van der Waals surface area (Å²) < 4.78 is 0. The van der Waals surface area contributed by atoms with Gasteiger partial charge >= 0.3 is 0 Å². The van der Waals surface area contributed by atoms with Crippen molar-refractivity contribution in [2.24, 2.45) is 5.92 Å². The number of rotatable bonds is 4. The molecular formula is C16H26N2O3. The molecule has 1 atom stereocenters. The van der Waals surface area contributed by atoms with Crippen molar-refractivity contribution in [3.05, 3.63) is 0 Å². The van der Waals surface area contributed by atoms with Crippen molar-refractivity contribution < 1.29 is 14.7 Å². The molecule has 1 aliphatic heterocycles. The number of hydrogen-bond donors (Lipinski definition) is 2. The number of aliphatic hydroxyl groups is 1. The lowest BCUT2D eigenvalue weighted by molar-refractivity contribution is -0.129. The van der Waals surface area contributed by atoms with Crippen molar-refractivity contribution in [1.82, 2.24) is 10.2 Å². The highest BCUT2D eigenvalue weighted by Crippen LogP contribution is 2.33. The molecule has 0 aromatic heterocycles. The smallest absolute Gasteiger partial charge is 0.225 e. The van der Waals surface area contributed by atoms with Gasteiger partial charge in [0.1, 0.15) is 0 Å². The third kappa shape index (κ3) is 3.57. The van der Waals surface area contributed by atoms with Gasteiger partial charge in [0.2, 0.25) is 11.8 Å². The first-order valence-corrected chi connectivity index (χ1v) is 8.37. The van der Waals surface area contributed by atoms with Crippen molar-refractivity contribution in [2.45, 2.75) is 69.4 Å². The molecule has 3 rings (SSSR count). The molecule has 0 bridgehead atoms. The van der Waals surface area contributed by atoms with Crippen LogP contribution in [0.2, 0.25) is 0 Å². The summed E-state index contributed by atoms with van der Waals surface area (Å²) in [6, 6.07) is 0.390. The van der Waals surface area contributed by atoms with Crippen LogP contribution in [0.4, 0.5) is 0 Å². The zero-order chi connectivity index (χ0) is 14.9. The highest BCUT2D eigenvalue weighted by molar-refractivity contribution is 5.89. The van der Waals surface area contributed by atoms with E-state index in [4.69, 9.17) is 0 Å². The van der Waals surface area contributed by atoms with E-state index in [1.54, 1.807) is 0 Å². The fourth-order valence-corrected chi connectivity index (χ4v) is 3.61. The van der Waals surface area contributed by atoms with Gasteiger partial charge in [-0.15, -0.1) is 0 Å². The molecule has 118 valence electrons. The third-order valence-electron chi connectivity index (χ3n) is 5.14. The summed E-state index contributed by atoms with van der Waals surface area (Å²) in [7, 11) is 0. The Bertz CT molecular complexity index is 412. The van der Waals surface area contributed by atoms with E-state index in [9.17, 15) is 14.7 Å². The van der Waals surface area contributed by atoms with Gasteiger partial charge in [-0.3, -0.25) is 9.59 Å². The monoisotopic (exact) mass is 294 g/mol. The minimum atomic E-state index is -0.745. The van der Waals surface area contributed by atoms with Gasteiger partial charge in [0.05, 0.1) is 11.5 Å². The Labute approximate surface area is 126 Å². The summed E-state index contributed by atoms with van der Waals surface area (Å²) in [6.45, 7) is 0.897. The lowest BCUT2D eigenvalue weighted by atomic mass is 9.94. The molecule has 0 radical (unpaired) electrons. The summed E-state index contributed by atoms with van der Waals surface area (Å²) in [5.41, 5.74) is -0.745. The van der Waals surface area contributed by atoms with Gasteiger partial charge in [-0.2, -0.15) is 0 Å². The Morgan fingerprint density at radius 2 is 1.90 bits per heavy atom. The topological polar surface area (TPSA) is 69.6 Å². The second-order valence-electron chi connectivity index (χ2n) is 7.03. The molecule has 21 heavy (non-hydrogen) atoms. The highest BCUT2D eigenvalue weighted by Gasteiger charge is 2.42. The largest absolute Gasteiger partial charge is 0.388 e. The summed E-state index contributed by atoms with van der Waals surface area (Å²) in [6.07, 6.45) is 8.44. The lowest BCUT2D eigenvalue weighted by Crippen LogP contribution is -2.44. The number of hydrogen-bond acceptors (Lipinski definition) is 3. The molecule has 0 spiro atoms. The molecule has 2 aliphatic carbocycles. The number of carbonyl (C=O) groups is 2. The molecule has 0 aromatic carbocycles. The number of nitrogens with zero attached hydrogens (tertiary/aromatic N) is 1. The Morgan fingerprint density at radius 3 is 2.52 bits per heavy atom. The average molecular weight is 294 g/mol. The molecule has 1 saturated heterocycles. The van der Waals surface area contributed by atoms with Crippen LogP contribution in [0, 0.1) is 5.92 Å². The van der Waals surface area contributed by atoms with Gasteiger partial charge in [0, 0.05) is 25.6 Å². The van der Waals surface area contributed by atoms with Gasteiger partial charge in [0.25, 0.3) is 0 Å². The molecule has 5 nitrogen and oxygen atoms in total. The average Bonchev–Trinajstić information content (AvgIpc) is 3.25. The van der Waals surface area contributed by atoms with Gasteiger partial charge < -0.3 is 15.3 Å². The quantitative estimate of drug-likeness (QED) is 0.765. The second-order valence-corrected chi connectivity index (χ2v) is 7.03. The molecule has 0 aromatic rings.